The molecule has 7 heteroatoms. The Morgan fingerprint density at radius 3 is 1.92 bits per heavy atom. The second-order valence-corrected chi connectivity index (χ2v) is 8.36. The van der Waals surface area contributed by atoms with Gasteiger partial charge in [-0.05, 0) is 60.2 Å². The van der Waals surface area contributed by atoms with Crippen molar-refractivity contribution in [1.29, 1.82) is 0 Å². The lowest BCUT2D eigenvalue weighted by Gasteiger charge is -2.21. The van der Waals surface area contributed by atoms with Gasteiger partial charge in [0.25, 0.3) is 0 Å². The summed E-state index contributed by atoms with van der Waals surface area (Å²) in [6.45, 7) is 6.07. The monoisotopic (exact) mass is 506 g/mol. The average molecular weight is 507 g/mol. The highest BCUT2D eigenvalue weighted by molar-refractivity contribution is 5.84. The molecule has 1 aliphatic rings. The molecule has 0 N–H and O–H groups in total. The Hall–Kier alpha value is -3.35. The van der Waals surface area contributed by atoms with E-state index in [1.54, 1.807) is 0 Å². The van der Waals surface area contributed by atoms with E-state index >= 15 is 0 Å². The lowest BCUT2D eigenvalue weighted by atomic mass is 9.85. The summed E-state index contributed by atoms with van der Waals surface area (Å²) in [5, 5.41) is 0. The van der Waals surface area contributed by atoms with Crippen molar-refractivity contribution in [3.63, 3.8) is 0 Å². The molecule has 190 valence electrons. The molecule has 36 heavy (non-hydrogen) atoms. The summed E-state index contributed by atoms with van der Waals surface area (Å²) in [6.07, 6.45) is 5.76. The Morgan fingerprint density at radius 1 is 0.694 bits per heavy atom. The lowest BCUT2D eigenvalue weighted by molar-refractivity contribution is 0.447. The van der Waals surface area contributed by atoms with Crippen LogP contribution in [0.5, 0.6) is 0 Å². The Bertz CT molecular complexity index is 1280. The predicted octanol–water partition coefficient (Wildman–Crippen LogP) is 9.91. The molecule has 0 fully saturated rings. The molecule has 0 amide bonds. The predicted molar refractivity (Wildman–Crippen MR) is 129 cm³/mol. The molecule has 4 rings (SSSR count). The maximum Gasteiger partial charge on any atom is 0.194 e. The first-order valence-corrected chi connectivity index (χ1v) is 11.6. The zero-order valence-corrected chi connectivity index (χ0v) is 20.0. The second kappa shape index (κ2) is 11.6. The molecule has 2 unspecified atom stereocenters. The van der Waals surface area contributed by atoms with E-state index in [2.05, 4.69) is 6.92 Å². The van der Waals surface area contributed by atoms with Gasteiger partial charge >= 0.3 is 0 Å². The van der Waals surface area contributed by atoms with E-state index in [1.165, 1.54) is 6.07 Å². The highest BCUT2D eigenvalue weighted by atomic mass is 19.2. The normalized spacial score (nSPS) is 17.8. The topological polar surface area (TPSA) is 0 Å². The van der Waals surface area contributed by atoms with Gasteiger partial charge in [0.05, 0.1) is 0 Å². The maximum atomic E-state index is 14.8. The summed E-state index contributed by atoms with van der Waals surface area (Å²) in [5.41, 5.74) is -1.17. The minimum Gasteiger partial charge on any atom is -0.206 e. The molecule has 0 radical (unpaired) electrons. The van der Waals surface area contributed by atoms with E-state index in [9.17, 15) is 30.7 Å². The Morgan fingerprint density at radius 2 is 1.36 bits per heavy atom. The third-order valence-corrected chi connectivity index (χ3v) is 5.97. The first-order valence-electron chi connectivity index (χ1n) is 11.6. The van der Waals surface area contributed by atoms with Gasteiger partial charge in [-0.3, -0.25) is 0 Å². The fraction of sp³-hybridized carbons (Fsp3) is 0.241. The first kappa shape index (κ1) is 27.2. The molecular weight excluding hydrogens is 481 g/mol. The van der Waals surface area contributed by atoms with Crippen LogP contribution in [0.25, 0.3) is 22.8 Å². The van der Waals surface area contributed by atoms with E-state index in [-0.39, 0.29) is 17.0 Å². The highest BCUT2D eigenvalue weighted by Gasteiger charge is 2.21. The molecule has 0 saturated carbocycles. The van der Waals surface area contributed by atoms with Crippen LogP contribution in [0.1, 0.15) is 56.2 Å². The smallest absolute Gasteiger partial charge is 0.194 e. The average Bonchev–Trinajstić information content (AvgIpc) is 2.87. The summed E-state index contributed by atoms with van der Waals surface area (Å²) in [7, 11) is 0. The van der Waals surface area contributed by atoms with Gasteiger partial charge in [0, 0.05) is 22.6 Å². The first-order chi connectivity index (χ1) is 17.2. The molecule has 3 aromatic rings. The highest BCUT2D eigenvalue weighted by Crippen LogP contribution is 2.36. The van der Waals surface area contributed by atoms with Gasteiger partial charge in [-0.1, -0.05) is 51.1 Å². The minimum absolute atomic E-state index is 0.0144. The van der Waals surface area contributed by atoms with Crippen molar-refractivity contribution in [1.82, 2.24) is 0 Å². The van der Waals surface area contributed by atoms with Crippen molar-refractivity contribution in [2.24, 2.45) is 5.92 Å². The zero-order chi connectivity index (χ0) is 26.6. The molecule has 3 aromatic carbocycles. The Labute approximate surface area is 205 Å². The van der Waals surface area contributed by atoms with Crippen LogP contribution in [-0.2, 0) is 0 Å². The van der Waals surface area contributed by atoms with Crippen molar-refractivity contribution in [3.05, 3.63) is 106 Å². The van der Waals surface area contributed by atoms with Crippen molar-refractivity contribution in [3.8, 4) is 11.1 Å². The van der Waals surface area contributed by atoms with Crippen molar-refractivity contribution < 1.29 is 30.7 Å². The number of hydrogen-bond acceptors (Lipinski definition) is 0. The van der Waals surface area contributed by atoms with Crippen LogP contribution in [0.15, 0.2) is 60.7 Å². The van der Waals surface area contributed by atoms with Crippen LogP contribution in [0, 0.1) is 35.0 Å². The third kappa shape index (κ3) is 5.72. The van der Waals surface area contributed by atoms with Gasteiger partial charge in [-0.15, -0.1) is 0 Å². The third-order valence-electron chi connectivity index (χ3n) is 5.97. The van der Waals surface area contributed by atoms with Gasteiger partial charge in [0.15, 0.2) is 29.1 Å². The van der Waals surface area contributed by atoms with Crippen LogP contribution in [0.4, 0.5) is 30.7 Å². The van der Waals surface area contributed by atoms with E-state index in [1.807, 2.05) is 26.0 Å². The van der Waals surface area contributed by atoms with E-state index < -0.39 is 51.9 Å². The van der Waals surface area contributed by atoms with Crippen molar-refractivity contribution in [2.45, 2.75) is 39.5 Å². The van der Waals surface area contributed by atoms with Crippen molar-refractivity contribution >= 4 is 11.7 Å². The fourth-order valence-corrected chi connectivity index (χ4v) is 4.02. The van der Waals surface area contributed by atoms with E-state index in [0.29, 0.717) is 29.7 Å². The largest absolute Gasteiger partial charge is 0.206 e. The molecule has 0 spiro atoms. The SMILES string of the molecule is CC.CC1C=CC(c2ccc(/C(F)=C(\F)c3ccc(-c4cc(F)c(F)c(F)c4)c(F)c3)c(F)c2)CC1. The van der Waals surface area contributed by atoms with Crippen molar-refractivity contribution in [2.75, 3.05) is 0 Å². The number of hydrogen-bond donors (Lipinski definition) is 0. The summed E-state index contributed by atoms with van der Waals surface area (Å²) in [4.78, 5) is 0. The van der Waals surface area contributed by atoms with Gasteiger partial charge in [0.1, 0.15) is 11.6 Å². The molecular formula is C29H25F7. The molecule has 2 atom stereocenters. The summed E-state index contributed by atoms with van der Waals surface area (Å²) < 4.78 is 98.9. The van der Waals surface area contributed by atoms with E-state index in [0.717, 1.165) is 37.1 Å². The number of benzene rings is 3. The summed E-state index contributed by atoms with van der Waals surface area (Å²) >= 11 is 0. The summed E-state index contributed by atoms with van der Waals surface area (Å²) in [5.74, 6) is -9.42. The molecule has 0 bridgehead atoms. The molecule has 0 aliphatic heterocycles. The lowest BCUT2D eigenvalue weighted by Crippen LogP contribution is -2.05. The summed E-state index contributed by atoms with van der Waals surface area (Å²) in [6, 6.07) is 7.56. The zero-order valence-electron chi connectivity index (χ0n) is 20.0. The maximum absolute atomic E-state index is 14.8. The molecule has 0 nitrogen and oxygen atoms in total. The molecule has 0 saturated heterocycles. The van der Waals surface area contributed by atoms with Crippen LogP contribution in [0.3, 0.4) is 0 Å². The molecule has 0 aromatic heterocycles. The number of allylic oxidation sites excluding steroid dienone is 2. The van der Waals surface area contributed by atoms with Crippen LogP contribution < -0.4 is 0 Å². The van der Waals surface area contributed by atoms with Crippen LogP contribution in [-0.4, -0.2) is 0 Å². The quantitative estimate of drug-likeness (QED) is 0.143. The second-order valence-electron chi connectivity index (χ2n) is 8.36. The molecule has 0 heterocycles. The Kier molecular flexibility index (Phi) is 8.77. The van der Waals surface area contributed by atoms with Gasteiger partial charge in [-0.2, -0.15) is 0 Å². The minimum atomic E-state index is -1.71. The van der Waals surface area contributed by atoms with Gasteiger partial charge in [-0.25, -0.2) is 30.7 Å². The van der Waals surface area contributed by atoms with E-state index in [4.69, 9.17) is 0 Å². The standard InChI is InChI=1S/C27H19F7.C2H6/c1-14-2-4-15(5-3-14)16-6-9-20(22(29)10-16)26(33)25(32)17-7-8-19(21(28)11-17)18-12-23(30)27(34)24(31)13-18;1-2/h2,4,6-15H,3,5H2,1H3;1-2H3/b26-25+;. The van der Waals surface area contributed by atoms with Crippen LogP contribution in [0.2, 0.25) is 0 Å². The number of rotatable bonds is 4. The van der Waals surface area contributed by atoms with Gasteiger partial charge in [0.2, 0.25) is 0 Å². The fourth-order valence-electron chi connectivity index (χ4n) is 4.02. The van der Waals surface area contributed by atoms with Gasteiger partial charge < -0.3 is 0 Å². The Balaban J connectivity index is 0.00000176. The number of halogens is 7. The molecule has 1 aliphatic carbocycles. The van der Waals surface area contributed by atoms with Crippen LogP contribution >= 0.6 is 0 Å².